The molecule has 0 bridgehead atoms. The van der Waals surface area contributed by atoms with Crippen LogP contribution in [0.4, 0.5) is 0 Å². The van der Waals surface area contributed by atoms with Gasteiger partial charge < -0.3 is 10.4 Å². The zero-order valence-electron chi connectivity index (χ0n) is 10.3. The molecule has 0 saturated heterocycles. The van der Waals surface area contributed by atoms with Gasteiger partial charge in [-0.2, -0.15) is 11.8 Å². The summed E-state index contributed by atoms with van der Waals surface area (Å²) in [6.45, 7) is 0. The second kappa shape index (κ2) is 7.93. The van der Waals surface area contributed by atoms with Crippen LogP contribution >= 0.6 is 46.6 Å². The maximum absolute atomic E-state index is 12.0. The van der Waals surface area contributed by atoms with E-state index in [2.05, 4.69) is 10.3 Å². The molecule has 110 valence electrons. The monoisotopic (exact) mass is 356 g/mol. The topological polar surface area (TPSA) is 79.3 Å². The Labute approximate surface area is 135 Å². The van der Waals surface area contributed by atoms with E-state index in [0.717, 1.165) is 0 Å². The van der Waals surface area contributed by atoms with E-state index >= 15 is 0 Å². The molecule has 0 fully saturated rings. The van der Waals surface area contributed by atoms with Gasteiger partial charge in [-0.3, -0.25) is 4.79 Å². The summed E-state index contributed by atoms with van der Waals surface area (Å²) in [7, 11) is 0. The highest BCUT2D eigenvalue weighted by atomic mass is 35.5. The van der Waals surface area contributed by atoms with E-state index in [4.69, 9.17) is 39.9 Å². The Hall–Kier alpha value is -0.690. The van der Waals surface area contributed by atoms with E-state index in [9.17, 15) is 9.59 Å². The Morgan fingerprint density at radius 3 is 2.60 bits per heavy atom. The van der Waals surface area contributed by atoms with Crippen LogP contribution in [0.1, 0.15) is 16.9 Å². The van der Waals surface area contributed by atoms with Gasteiger partial charge in [-0.05, 0) is 18.4 Å². The number of carbonyl (C=O) groups excluding carboxylic acids is 1. The SMILES string of the molecule is CSCCC(NC(=O)c1ncc(Cl)c(Cl)c1Cl)C(=O)O. The number of carboxylic acids is 1. The van der Waals surface area contributed by atoms with Crippen molar-refractivity contribution in [2.24, 2.45) is 0 Å². The number of aromatic nitrogens is 1. The predicted molar refractivity (Wildman–Crippen MR) is 81.2 cm³/mol. The van der Waals surface area contributed by atoms with Gasteiger partial charge in [0.15, 0.2) is 0 Å². The summed E-state index contributed by atoms with van der Waals surface area (Å²) in [4.78, 5) is 26.8. The first-order chi connectivity index (χ1) is 9.38. The third-order valence-electron chi connectivity index (χ3n) is 2.35. The first-order valence-electron chi connectivity index (χ1n) is 5.40. The lowest BCUT2D eigenvalue weighted by Crippen LogP contribution is -2.41. The molecule has 0 aliphatic heterocycles. The highest BCUT2D eigenvalue weighted by molar-refractivity contribution is 7.98. The van der Waals surface area contributed by atoms with Crippen molar-refractivity contribution in [3.05, 3.63) is 27.0 Å². The molecule has 1 amide bonds. The number of thioether (sulfide) groups is 1. The summed E-state index contributed by atoms with van der Waals surface area (Å²) < 4.78 is 0. The van der Waals surface area contributed by atoms with Crippen molar-refractivity contribution < 1.29 is 14.7 Å². The van der Waals surface area contributed by atoms with Crippen LogP contribution in [-0.2, 0) is 4.79 Å². The molecule has 1 aromatic heterocycles. The normalized spacial score (nSPS) is 12.0. The Morgan fingerprint density at radius 2 is 2.05 bits per heavy atom. The molecule has 0 radical (unpaired) electrons. The molecule has 0 aromatic carbocycles. The summed E-state index contributed by atoms with van der Waals surface area (Å²) in [5, 5.41) is 11.4. The van der Waals surface area contributed by atoms with E-state index in [-0.39, 0.29) is 20.8 Å². The highest BCUT2D eigenvalue weighted by Gasteiger charge is 2.23. The van der Waals surface area contributed by atoms with Crippen LogP contribution in [0.5, 0.6) is 0 Å². The molecular weight excluding hydrogens is 347 g/mol. The molecule has 1 atom stereocenters. The van der Waals surface area contributed by atoms with Crippen LogP contribution in [0.2, 0.25) is 15.1 Å². The average molecular weight is 358 g/mol. The average Bonchev–Trinajstić information content (AvgIpc) is 2.40. The molecular formula is C11H11Cl3N2O3S. The van der Waals surface area contributed by atoms with Crippen molar-refractivity contribution in [3.8, 4) is 0 Å². The number of carbonyl (C=O) groups is 2. The fourth-order valence-electron chi connectivity index (χ4n) is 1.32. The molecule has 1 rings (SSSR count). The first-order valence-corrected chi connectivity index (χ1v) is 7.93. The molecule has 2 N–H and O–H groups in total. The fourth-order valence-corrected chi connectivity index (χ4v) is 2.36. The number of hydrogen-bond acceptors (Lipinski definition) is 4. The van der Waals surface area contributed by atoms with E-state index in [1.807, 2.05) is 6.26 Å². The van der Waals surface area contributed by atoms with Gasteiger partial charge >= 0.3 is 5.97 Å². The van der Waals surface area contributed by atoms with Crippen molar-refractivity contribution in [2.45, 2.75) is 12.5 Å². The lowest BCUT2D eigenvalue weighted by atomic mass is 10.2. The van der Waals surface area contributed by atoms with Crippen LogP contribution in [-0.4, -0.2) is 40.0 Å². The van der Waals surface area contributed by atoms with Gasteiger partial charge in [-0.25, -0.2) is 9.78 Å². The maximum Gasteiger partial charge on any atom is 0.326 e. The zero-order valence-corrected chi connectivity index (χ0v) is 13.4. The number of hydrogen-bond donors (Lipinski definition) is 2. The van der Waals surface area contributed by atoms with E-state index < -0.39 is 17.9 Å². The molecule has 9 heteroatoms. The van der Waals surface area contributed by atoms with Gasteiger partial charge in [0.25, 0.3) is 5.91 Å². The second-order valence-electron chi connectivity index (χ2n) is 3.73. The number of rotatable bonds is 6. The molecule has 20 heavy (non-hydrogen) atoms. The largest absolute Gasteiger partial charge is 0.480 e. The molecule has 0 saturated carbocycles. The van der Waals surface area contributed by atoms with Gasteiger partial charge in [0.05, 0.1) is 15.1 Å². The van der Waals surface area contributed by atoms with Crippen molar-refractivity contribution >= 4 is 58.4 Å². The lowest BCUT2D eigenvalue weighted by molar-refractivity contribution is -0.139. The summed E-state index contributed by atoms with van der Waals surface area (Å²) in [6.07, 6.45) is 3.32. The lowest BCUT2D eigenvalue weighted by Gasteiger charge is -2.14. The number of halogens is 3. The van der Waals surface area contributed by atoms with Crippen molar-refractivity contribution in [1.82, 2.24) is 10.3 Å². The highest BCUT2D eigenvalue weighted by Crippen LogP contribution is 2.31. The first kappa shape index (κ1) is 17.4. The molecule has 0 aliphatic carbocycles. The van der Waals surface area contributed by atoms with Crippen molar-refractivity contribution in [2.75, 3.05) is 12.0 Å². The Kier molecular flexibility index (Phi) is 6.88. The standard InChI is InChI=1S/C11H11Cl3N2O3S/c1-20-3-2-6(11(18)19)16-10(17)9-8(14)7(13)5(12)4-15-9/h4,6H,2-3H2,1H3,(H,16,17)(H,18,19). The third kappa shape index (κ3) is 4.41. The van der Waals surface area contributed by atoms with Crippen molar-refractivity contribution in [1.29, 1.82) is 0 Å². The maximum atomic E-state index is 12.0. The Bertz CT molecular complexity index is 528. The van der Waals surface area contributed by atoms with Gasteiger partial charge in [-0.15, -0.1) is 0 Å². The number of nitrogens with zero attached hydrogens (tertiary/aromatic N) is 1. The van der Waals surface area contributed by atoms with Crippen LogP contribution in [0.15, 0.2) is 6.20 Å². The number of amides is 1. The number of carboxylic acid groups (broad SMARTS) is 1. The molecule has 1 heterocycles. The molecule has 1 aromatic rings. The van der Waals surface area contributed by atoms with Crippen LogP contribution < -0.4 is 5.32 Å². The zero-order chi connectivity index (χ0) is 15.3. The summed E-state index contributed by atoms with van der Waals surface area (Å²) in [5.74, 6) is -1.23. The molecule has 1 unspecified atom stereocenters. The Balaban J connectivity index is 2.89. The van der Waals surface area contributed by atoms with E-state index in [1.54, 1.807) is 0 Å². The van der Waals surface area contributed by atoms with Gasteiger partial charge in [-0.1, -0.05) is 34.8 Å². The molecule has 0 spiro atoms. The van der Waals surface area contributed by atoms with Gasteiger partial charge in [0.2, 0.25) is 0 Å². The molecule has 0 aliphatic rings. The quantitative estimate of drug-likeness (QED) is 0.818. The van der Waals surface area contributed by atoms with Crippen molar-refractivity contribution in [3.63, 3.8) is 0 Å². The minimum Gasteiger partial charge on any atom is -0.480 e. The van der Waals surface area contributed by atoms with Crippen LogP contribution in [0.25, 0.3) is 0 Å². The third-order valence-corrected chi connectivity index (χ3v) is 4.23. The van der Waals surface area contributed by atoms with E-state index in [0.29, 0.717) is 12.2 Å². The number of aliphatic carboxylic acids is 1. The smallest absolute Gasteiger partial charge is 0.326 e. The predicted octanol–water partition coefficient (Wildman–Crippen LogP) is 2.98. The summed E-state index contributed by atoms with van der Waals surface area (Å²) in [6, 6.07) is -1.01. The Morgan fingerprint density at radius 1 is 1.40 bits per heavy atom. The minimum absolute atomic E-state index is 0.00414. The fraction of sp³-hybridized carbons (Fsp3) is 0.364. The van der Waals surface area contributed by atoms with Crippen LogP contribution in [0.3, 0.4) is 0 Å². The van der Waals surface area contributed by atoms with Gasteiger partial charge in [0, 0.05) is 6.20 Å². The van der Waals surface area contributed by atoms with Crippen LogP contribution in [0, 0.1) is 0 Å². The minimum atomic E-state index is -1.12. The second-order valence-corrected chi connectivity index (χ2v) is 5.88. The molecule has 5 nitrogen and oxygen atoms in total. The summed E-state index contributed by atoms with van der Waals surface area (Å²) in [5.41, 5.74) is -0.156. The number of pyridine rings is 1. The van der Waals surface area contributed by atoms with E-state index in [1.165, 1.54) is 18.0 Å². The number of nitrogens with one attached hydrogen (secondary N) is 1. The summed E-state index contributed by atoms with van der Waals surface area (Å²) >= 11 is 18.9. The van der Waals surface area contributed by atoms with Gasteiger partial charge in [0.1, 0.15) is 11.7 Å².